The fourth-order valence-electron chi connectivity index (χ4n) is 2.79. The summed E-state index contributed by atoms with van der Waals surface area (Å²) in [6, 6.07) is 0. The lowest BCUT2D eigenvalue weighted by Crippen LogP contribution is -2.40. The lowest BCUT2D eigenvalue weighted by molar-refractivity contribution is 0.0817. The van der Waals surface area contributed by atoms with Crippen molar-refractivity contribution in [3.05, 3.63) is 27.2 Å². The van der Waals surface area contributed by atoms with Crippen molar-refractivity contribution in [2.75, 3.05) is 26.0 Å². The number of aryl methyl sites for hydroxylation is 2. The molecule has 158 valence electrons. The SMILES string of the molecule is CCOCn1c(=O)c2c(ncn2CCCCOP(=O)(CC)OCC)n(C)c1=O. The average molecular weight is 416 g/mol. The Balaban J connectivity index is 2.10. The highest BCUT2D eigenvalue weighted by molar-refractivity contribution is 7.53. The van der Waals surface area contributed by atoms with Crippen LogP contribution in [-0.4, -0.2) is 44.7 Å². The molecule has 2 aromatic rings. The molecule has 0 saturated carbocycles. The Hall–Kier alpha value is -1.74. The predicted molar refractivity (Wildman–Crippen MR) is 106 cm³/mol. The maximum atomic E-state index is 12.8. The molecule has 0 aromatic carbocycles. The van der Waals surface area contributed by atoms with Crippen molar-refractivity contribution in [2.24, 2.45) is 7.05 Å². The van der Waals surface area contributed by atoms with Crippen LogP contribution in [0.5, 0.6) is 0 Å². The number of imidazole rings is 1. The van der Waals surface area contributed by atoms with E-state index in [-0.39, 0.29) is 6.73 Å². The molecule has 11 heteroatoms. The van der Waals surface area contributed by atoms with Crippen molar-refractivity contribution in [1.82, 2.24) is 18.7 Å². The molecule has 0 radical (unpaired) electrons. The van der Waals surface area contributed by atoms with E-state index in [1.54, 1.807) is 38.7 Å². The molecule has 0 saturated heterocycles. The highest BCUT2D eigenvalue weighted by atomic mass is 31.2. The quantitative estimate of drug-likeness (QED) is 0.384. The van der Waals surface area contributed by atoms with Crippen LogP contribution in [0, 0.1) is 0 Å². The van der Waals surface area contributed by atoms with E-state index < -0.39 is 18.8 Å². The normalized spacial score (nSPS) is 13.9. The molecule has 0 aliphatic heterocycles. The zero-order chi connectivity index (χ0) is 20.7. The van der Waals surface area contributed by atoms with E-state index in [1.807, 2.05) is 0 Å². The Morgan fingerprint density at radius 2 is 1.86 bits per heavy atom. The van der Waals surface area contributed by atoms with Gasteiger partial charge in [-0.15, -0.1) is 0 Å². The van der Waals surface area contributed by atoms with Crippen LogP contribution in [0.2, 0.25) is 0 Å². The Bertz CT molecular complexity index is 947. The first kappa shape index (κ1) is 22.5. The first-order valence-electron chi connectivity index (χ1n) is 9.49. The van der Waals surface area contributed by atoms with Gasteiger partial charge in [-0.05, 0) is 26.7 Å². The molecule has 0 N–H and O–H groups in total. The van der Waals surface area contributed by atoms with E-state index in [2.05, 4.69) is 4.98 Å². The van der Waals surface area contributed by atoms with Gasteiger partial charge >= 0.3 is 13.3 Å². The van der Waals surface area contributed by atoms with Crippen LogP contribution >= 0.6 is 7.60 Å². The molecular weight excluding hydrogens is 387 g/mol. The topological polar surface area (TPSA) is 107 Å². The van der Waals surface area contributed by atoms with Crippen LogP contribution in [0.1, 0.15) is 33.6 Å². The average Bonchev–Trinajstić information content (AvgIpc) is 3.10. The monoisotopic (exact) mass is 416 g/mol. The zero-order valence-electron chi connectivity index (χ0n) is 16.9. The maximum Gasteiger partial charge on any atom is 0.334 e. The van der Waals surface area contributed by atoms with Crippen LogP contribution < -0.4 is 11.2 Å². The van der Waals surface area contributed by atoms with Gasteiger partial charge in [-0.2, -0.15) is 0 Å². The standard InChI is InChI=1S/C17H29N4O6P/c1-5-25-13-21-16(22)14-15(19(4)17(21)23)18-12-20(14)10-8-9-11-27-28(24,7-3)26-6-2/h12H,5-11,13H2,1-4H3. The van der Waals surface area contributed by atoms with Crippen LogP contribution in [0.3, 0.4) is 0 Å². The lowest BCUT2D eigenvalue weighted by atomic mass is 10.3. The second-order valence-corrected chi connectivity index (χ2v) is 8.56. The smallest absolute Gasteiger partial charge is 0.334 e. The summed E-state index contributed by atoms with van der Waals surface area (Å²) < 4.78 is 32.2. The third-order valence-electron chi connectivity index (χ3n) is 4.32. The summed E-state index contributed by atoms with van der Waals surface area (Å²) in [5.41, 5.74) is -0.190. The van der Waals surface area contributed by atoms with Gasteiger partial charge in [-0.1, -0.05) is 6.92 Å². The molecule has 0 aliphatic carbocycles. The van der Waals surface area contributed by atoms with Crippen molar-refractivity contribution >= 4 is 18.8 Å². The number of aromatic nitrogens is 4. The largest absolute Gasteiger partial charge is 0.361 e. The number of rotatable bonds is 12. The fraction of sp³-hybridized carbons (Fsp3) is 0.706. The van der Waals surface area contributed by atoms with E-state index >= 15 is 0 Å². The Morgan fingerprint density at radius 1 is 1.11 bits per heavy atom. The molecule has 0 aliphatic rings. The summed E-state index contributed by atoms with van der Waals surface area (Å²) in [6.45, 7) is 6.82. The van der Waals surface area contributed by atoms with Gasteiger partial charge in [0, 0.05) is 26.4 Å². The summed E-state index contributed by atoms with van der Waals surface area (Å²) in [5, 5.41) is 0. The summed E-state index contributed by atoms with van der Waals surface area (Å²) >= 11 is 0. The van der Waals surface area contributed by atoms with Crippen molar-refractivity contribution < 1.29 is 18.3 Å². The summed E-state index contributed by atoms with van der Waals surface area (Å²) in [7, 11) is -1.42. The van der Waals surface area contributed by atoms with Gasteiger partial charge < -0.3 is 18.4 Å². The van der Waals surface area contributed by atoms with Crippen LogP contribution in [-0.2, 0) is 38.7 Å². The molecule has 2 aromatic heterocycles. The molecule has 0 fully saturated rings. The first-order chi connectivity index (χ1) is 13.4. The lowest BCUT2D eigenvalue weighted by Gasteiger charge is -2.15. The van der Waals surface area contributed by atoms with Crippen LogP contribution in [0.25, 0.3) is 11.2 Å². The second kappa shape index (κ2) is 10.2. The minimum Gasteiger partial charge on any atom is -0.361 e. The number of unbranched alkanes of at least 4 members (excludes halogenated alkanes) is 1. The number of hydrogen-bond acceptors (Lipinski definition) is 7. The molecule has 0 amide bonds. The fourth-order valence-corrected chi connectivity index (χ4v) is 4.03. The second-order valence-electron chi connectivity index (χ2n) is 6.19. The molecule has 1 unspecified atom stereocenters. The van der Waals surface area contributed by atoms with E-state index in [0.717, 1.165) is 4.57 Å². The Labute approximate surface area is 163 Å². The van der Waals surface area contributed by atoms with Gasteiger partial charge in [0.25, 0.3) is 5.56 Å². The van der Waals surface area contributed by atoms with Gasteiger partial charge in [-0.3, -0.25) is 13.9 Å². The van der Waals surface area contributed by atoms with Gasteiger partial charge in [0.1, 0.15) is 6.73 Å². The Morgan fingerprint density at radius 3 is 2.50 bits per heavy atom. The van der Waals surface area contributed by atoms with Gasteiger partial charge in [-0.25, -0.2) is 14.3 Å². The minimum atomic E-state index is -3.00. The summed E-state index contributed by atoms with van der Waals surface area (Å²) in [4.78, 5) is 29.3. The van der Waals surface area contributed by atoms with E-state index in [0.29, 0.717) is 56.5 Å². The van der Waals surface area contributed by atoms with Crippen LogP contribution in [0.15, 0.2) is 15.9 Å². The van der Waals surface area contributed by atoms with Gasteiger partial charge in [0.2, 0.25) is 0 Å². The molecular formula is C17H29N4O6P. The highest BCUT2D eigenvalue weighted by Crippen LogP contribution is 2.47. The van der Waals surface area contributed by atoms with Crippen molar-refractivity contribution in [2.45, 2.75) is 46.9 Å². The number of fused-ring (bicyclic) bond motifs is 1. The van der Waals surface area contributed by atoms with E-state index in [9.17, 15) is 14.2 Å². The molecule has 0 spiro atoms. The van der Waals surface area contributed by atoms with E-state index in [4.69, 9.17) is 13.8 Å². The molecule has 0 bridgehead atoms. The highest BCUT2D eigenvalue weighted by Gasteiger charge is 2.20. The third kappa shape index (κ3) is 5.00. The Kier molecular flexibility index (Phi) is 8.18. The molecule has 2 rings (SSSR count). The molecule has 1 atom stereocenters. The van der Waals surface area contributed by atoms with Gasteiger partial charge in [0.05, 0.1) is 19.5 Å². The molecule has 28 heavy (non-hydrogen) atoms. The molecule has 2 heterocycles. The van der Waals surface area contributed by atoms with Crippen molar-refractivity contribution in [3.8, 4) is 0 Å². The maximum absolute atomic E-state index is 12.8. The van der Waals surface area contributed by atoms with E-state index in [1.165, 1.54) is 4.57 Å². The predicted octanol–water partition coefficient (Wildman–Crippen LogP) is 1.94. The van der Waals surface area contributed by atoms with Crippen molar-refractivity contribution in [3.63, 3.8) is 0 Å². The van der Waals surface area contributed by atoms with Crippen LogP contribution in [0.4, 0.5) is 0 Å². The summed E-state index contributed by atoms with van der Waals surface area (Å²) in [6.07, 6.45) is 3.22. The number of ether oxygens (including phenoxy) is 1. The first-order valence-corrected chi connectivity index (χ1v) is 11.2. The van der Waals surface area contributed by atoms with Crippen molar-refractivity contribution in [1.29, 1.82) is 0 Å². The number of hydrogen-bond donors (Lipinski definition) is 0. The minimum absolute atomic E-state index is 0.0965. The number of nitrogens with zero attached hydrogens (tertiary/aromatic N) is 4. The zero-order valence-corrected chi connectivity index (χ0v) is 17.8. The molecule has 10 nitrogen and oxygen atoms in total. The summed E-state index contributed by atoms with van der Waals surface area (Å²) in [5.74, 6) is 0. The third-order valence-corrected chi connectivity index (χ3v) is 6.32. The van der Waals surface area contributed by atoms with Gasteiger partial charge in [0.15, 0.2) is 11.2 Å².